The molecule has 1 saturated heterocycles. The van der Waals surface area contributed by atoms with Gasteiger partial charge in [0.2, 0.25) is 0 Å². The molecule has 0 bridgehead atoms. The maximum Gasteiger partial charge on any atom is 0.135 e. The highest BCUT2D eigenvalue weighted by Gasteiger charge is 2.16. The normalized spacial score (nSPS) is 18.3. The number of thiazole rings is 1. The Labute approximate surface area is 94.1 Å². The molecule has 1 fully saturated rings. The van der Waals surface area contributed by atoms with Crippen LogP contribution < -0.4 is 0 Å². The van der Waals surface area contributed by atoms with E-state index in [1.165, 1.54) is 9.88 Å². The Morgan fingerprint density at radius 1 is 1.47 bits per heavy atom. The van der Waals surface area contributed by atoms with Gasteiger partial charge in [0.25, 0.3) is 0 Å². The van der Waals surface area contributed by atoms with Crippen LogP contribution in [-0.4, -0.2) is 28.8 Å². The second-order valence-corrected chi connectivity index (χ2v) is 5.09. The van der Waals surface area contributed by atoms with E-state index in [0.717, 1.165) is 26.1 Å². The van der Waals surface area contributed by atoms with Gasteiger partial charge >= 0.3 is 0 Å². The number of aromatic nitrogens is 1. The van der Waals surface area contributed by atoms with Crippen molar-refractivity contribution in [3.05, 3.63) is 16.1 Å². The minimum absolute atomic E-state index is 0.402. The molecule has 1 aliphatic rings. The third kappa shape index (κ3) is 2.86. The van der Waals surface area contributed by atoms with Gasteiger partial charge in [0.1, 0.15) is 10.8 Å². The zero-order chi connectivity index (χ0) is 10.7. The van der Waals surface area contributed by atoms with Gasteiger partial charge in [-0.15, -0.1) is 11.3 Å². The van der Waals surface area contributed by atoms with Crippen molar-refractivity contribution in [3.63, 3.8) is 0 Å². The van der Waals surface area contributed by atoms with Gasteiger partial charge in [0.05, 0.1) is 6.54 Å². The fourth-order valence-electron chi connectivity index (χ4n) is 1.74. The van der Waals surface area contributed by atoms with E-state index in [1.54, 1.807) is 11.3 Å². The minimum atomic E-state index is 0.402. The molecule has 4 heteroatoms. The quantitative estimate of drug-likeness (QED) is 0.786. The highest BCUT2D eigenvalue weighted by Crippen LogP contribution is 2.17. The smallest absolute Gasteiger partial charge is 0.135 e. The lowest BCUT2D eigenvalue weighted by molar-refractivity contribution is -0.121. The number of rotatable bonds is 3. The molecule has 0 N–H and O–H groups in total. The van der Waals surface area contributed by atoms with Gasteiger partial charge in [0.15, 0.2) is 0 Å². The molecular formula is C11H16N2OS. The number of ketones is 1. The number of nitrogens with zero attached hydrogens (tertiary/aromatic N) is 2. The fraction of sp³-hybridized carbons (Fsp3) is 0.636. The van der Waals surface area contributed by atoms with Crippen molar-refractivity contribution in [1.82, 2.24) is 9.88 Å². The van der Waals surface area contributed by atoms with E-state index in [4.69, 9.17) is 0 Å². The molecule has 0 amide bonds. The van der Waals surface area contributed by atoms with Crippen molar-refractivity contribution >= 4 is 17.1 Å². The summed E-state index contributed by atoms with van der Waals surface area (Å²) in [5, 5.41) is 1.18. The third-order valence-corrected chi connectivity index (χ3v) is 3.85. The van der Waals surface area contributed by atoms with Crippen LogP contribution in [0.25, 0.3) is 0 Å². The van der Waals surface area contributed by atoms with E-state index in [1.807, 2.05) is 6.20 Å². The molecule has 0 atom stereocenters. The monoisotopic (exact) mass is 224 g/mol. The second-order valence-electron chi connectivity index (χ2n) is 3.89. The summed E-state index contributed by atoms with van der Waals surface area (Å²) in [5.41, 5.74) is 0. The van der Waals surface area contributed by atoms with E-state index < -0.39 is 0 Å². The number of carbonyl (C=O) groups excluding carboxylic acids is 1. The van der Waals surface area contributed by atoms with Crippen molar-refractivity contribution in [1.29, 1.82) is 0 Å². The number of likely N-dealkylation sites (tertiary alicyclic amines) is 1. The Morgan fingerprint density at radius 2 is 2.20 bits per heavy atom. The van der Waals surface area contributed by atoms with Gasteiger partial charge in [-0.25, -0.2) is 4.98 Å². The predicted molar refractivity (Wildman–Crippen MR) is 61.0 cm³/mol. The largest absolute Gasteiger partial charge is 0.300 e. The first kappa shape index (κ1) is 10.8. The van der Waals surface area contributed by atoms with Gasteiger partial charge < -0.3 is 0 Å². The van der Waals surface area contributed by atoms with Gasteiger partial charge in [-0.3, -0.25) is 9.69 Å². The predicted octanol–water partition coefficient (Wildman–Crippen LogP) is 1.87. The summed E-state index contributed by atoms with van der Waals surface area (Å²) in [6, 6.07) is 0. The van der Waals surface area contributed by atoms with Gasteiger partial charge in [-0.05, 0) is 6.42 Å². The molecule has 1 aromatic heterocycles. The van der Waals surface area contributed by atoms with Gasteiger partial charge in [-0.1, -0.05) is 6.92 Å². The van der Waals surface area contributed by atoms with Gasteiger partial charge in [-0.2, -0.15) is 0 Å². The number of aryl methyl sites for hydroxylation is 1. The van der Waals surface area contributed by atoms with E-state index in [9.17, 15) is 4.79 Å². The molecule has 0 spiro atoms. The van der Waals surface area contributed by atoms with Crippen LogP contribution in [0.2, 0.25) is 0 Å². The first-order chi connectivity index (χ1) is 7.28. The number of hydrogen-bond donors (Lipinski definition) is 0. The van der Waals surface area contributed by atoms with Crippen LogP contribution in [0.15, 0.2) is 6.20 Å². The van der Waals surface area contributed by atoms with Crippen molar-refractivity contribution in [2.75, 3.05) is 13.1 Å². The molecule has 15 heavy (non-hydrogen) atoms. The Hall–Kier alpha value is -0.740. The average molecular weight is 224 g/mol. The number of piperidine rings is 1. The summed E-state index contributed by atoms with van der Waals surface area (Å²) < 4.78 is 0. The molecule has 0 saturated carbocycles. The topological polar surface area (TPSA) is 33.2 Å². The van der Waals surface area contributed by atoms with Crippen LogP contribution in [-0.2, 0) is 17.8 Å². The lowest BCUT2D eigenvalue weighted by atomic mass is 10.1. The molecule has 0 aliphatic carbocycles. The maximum absolute atomic E-state index is 11.1. The highest BCUT2D eigenvalue weighted by atomic mass is 32.1. The zero-order valence-electron chi connectivity index (χ0n) is 9.03. The molecule has 0 radical (unpaired) electrons. The van der Waals surface area contributed by atoms with E-state index in [0.29, 0.717) is 18.6 Å². The highest BCUT2D eigenvalue weighted by molar-refractivity contribution is 7.11. The van der Waals surface area contributed by atoms with Crippen LogP contribution in [0, 0.1) is 0 Å². The fourth-order valence-corrected chi connectivity index (χ4v) is 2.64. The first-order valence-electron chi connectivity index (χ1n) is 5.45. The van der Waals surface area contributed by atoms with Crippen LogP contribution in [0.4, 0.5) is 0 Å². The average Bonchev–Trinajstić information content (AvgIpc) is 2.69. The van der Waals surface area contributed by atoms with Crippen LogP contribution in [0.3, 0.4) is 0 Å². The molecule has 1 aromatic rings. The molecule has 2 heterocycles. The third-order valence-electron chi connectivity index (χ3n) is 2.72. The molecule has 82 valence electrons. The number of carbonyl (C=O) groups is 1. The summed E-state index contributed by atoms with van der Waals surface area (Å²) in [6.45, 7) is 4.87. The number of hydrogen-bond acceptors (Lipinski definition) is 4. The molecular weight excluding hydrogens is 208 g/mol. The maximum atomic E-state index is 11.1. The summed E-state index contributed by atoms with van der Waals surface area (Å²) in [7, 11) is 0. The standard InChI is InChI=1S/C11H16N2OS/c1-2-10-7-12-11(15-10)8-13-5-3-9(14)4-6-13/h7H,2-6,8H2,1H3. The Balaban J connectivity index is 1.88. The van der Waals surface area contributed by atoms with Gasteiger partial charge in [0, 0.05) is 37.0 Å². The van der Waals surface area contributed by atoms with Crippen LogP contribution in [0.1, 0.15) is 29.7 Å². The number of Topliss-reactive ketones (excluding diaryl/α,β-unsaturated/α-hetero) is 1. The van der Waals surface area contributed by atoms with Crippen molar-refractivity contribution < 1.29 is 4.79 Å². The summed E-state index contributed by atoms with van der Waals surface area (Å²) in [6.07, 6.45) is 4.46. The minimum Gasteiger partial charge on any atom is -0.300 e. The van der Waals surface area contributed by atoms with E-state index >= 15 is 0 Å². The summed E-state index contributed by atoms with van der Waals surface area (Å²) in [4.78, 5) is 19.1. The first-order valence-corrected chi connectivity index (χ1v) is 6.27. The lowest BCUT2D eigenvalue weighted by Gasteiger charge is -2.24. The van der Waals surface area contributed by atoms with Crippen molar-refractivity contribution in [3.8, 4) is 0 Å². The molecule has 0 aromatic carbocycles. The van der Waals surface area contributed by atoms with Crippen molar-refractivity contribution in [2.45, 2.75) is 32.7 Å². The second kappa shape index (κ2) is 4.86. The lowest BCUT2D eigenvalue weighted by Crippen LogP contribution is -2.33. The van der Waals surface area contributed by atoms with E-state index in [-0.39, 0.29) is 0 Å². The Bertz CT molecular complexity index is 338. The Kier molecular flexibility index (Phi) is 3.49. The zero-order valence-corrected chi connectivity index (χ0v) is 9.85. The van der Waals surface area contributed by atoms with Crippen LogP contribution in [0.5, 0.6) is 0 Å². The SMILES string of the molecule is CCc1cnc(CN2CCC(=O)CC2)s1. The molecule has 1 aliphatic heterocycles. The molecule has 0 unspecified atom stereocenters. The molecule has 3 nitrogen and oxygen atoms in total. The Morgan fingerprint density at radius 3 is 2.80 bits per heavy atom. The van der Waals surface area contributed by atoms with E-state index in [2.05, 4.69) is 16.8 Å². The summed E-state index contributed by atoms with van der Waals surface area (Å²) >= 11 is 1.79. The molecule has 2 rings (SSSR count). The van der Waals surface area contributed by atoms with Crippen LogP contribution >= 0.6 is 11.3 Å². The summed E-state index contributed by atoms with van der Waals surface area (Å²) in [5.74, 6) is 0.402. The van der Waals surface area contributed by atoms with Crippen molar-refractivity contribution in [2.24, 2.45) is 0 Å².